The first-order valence-electron chi connectivity index (χ1n) is 7.68. The highest BCUT2D eigenvalue weighted by Gasteiger charge is 2.21. The Morgan fingerprint density at radius 2 is 1.88 bits per heavy atom. The molecule has 4 nitrogen and oxygen atoms in total. The smallest absolute Gasteiger partial charge is 0.264 e. The Kier molecular flexibility index (Phi) is 4.83. The van der Waals surface area contributed by atoms with Crippen LogP contribution in [-0.2, 0) is 7.05 Å². The molecule has 0 spiro atoms. The molecule has 2 aromatic carbocycles. The number of thioether (sulfide) groups is 1. The third-order valence-electron chi connectivity index (χ3n) is 4.24. The van der Waals surface area contributed by atoms with Crippen LogP contribution in [0.5, 0.6) is 5.75 Å². The number of aryl methyl sites for hydroxylation is 1. The molecule has 1 N–H and O–H groups in total. The van der Waals surface area contributed by atoms with E-state index in [9.17, 15) is 9.90 Å². The summed E-state index contributed by atoms with van der Waals surface area (Å²) in [5.74, 6) is -0.0678. The van der Waals surface area contributed by atoms with Crippen LogP contribution in [0.3, 0.4) is 0 Å². The molecule has 0 aliphatic rings. The summed E-state index contributed by atoms with van der Waals surface area (Å²) in [5, 5.41) is 11.4. The number of pyridine rings is 1. The number of thiocarbonyl (C=S) groups is 1. The van der Waals surface area contributed by atoms with Gasteiger partial charge >= 0.3 is 0 Å². The van der Waals surface area contributed by atoms with Gasteiger partial charge in [-0.3, -0.25) is 4.79 Å². The SMILES string of the molecule is CSc1ccc2c(c1)c(O)c(C(=S)N(C)c1ccccc1)c(=O)n2C. The highest BCUT2D eigenvalue weighted by molar-refractivity contribution is 7.98. The van der Waals surface area contributed by atoms with Gasteiger partial charge in [0, 0.05) is 30.1 Å². The lowest BCUT2D eigenvalue weighted by molar-refractivity contribution is 0.478. The number of para-hydroxylation sites is 1. The zero-order valence-electron chi connectivity index (χ0n) is 14.2. The summed E-state index contributed by atoms with van der Waals surface area (Å²) < 4.78 is 1.53. The van der Waals surface area contributed by atoms with Crippen LogP contribution in [0.2, 0.25) is 0 Å². The van der Waals surface area contributed by atoms with Crippen LogP contribution < -0.4 is 10.5 Å². The molecule has 128 valence electrons. The molecule has 0 aliphatic carbocycles. The lowest BCUT2D eigenvalue weighted by Crippen LogP contribution is -2.33. The van der Waals surface area contributed by atoms with Crippen molar-refractivity contribution in [1.29, 1.82) is 0 Å². The standard InChI is InChI=1S/C19H18N2O2S2/c1-20(12-7-5-4-6-8-12)19(24)16-17(22)14-11-13(25-3)9-10-15(14)21(2)18(16)23/h4-11,22H,1-3H3. The van der Waals surface area contributed by atoms with Crippen LogP contribution in [0.1, 0.15) is 5.56 Å². The molecule has 0 saturated heterocycles. The van der Waals surface area contributed by atoms with Gasteiger partial charge in [-0.15, -0.1) is 11.8 Å². The van der Waals surface area contributed by atoms with Crippen molar-refractivity contribution < 1.29 is 5.11 Å². The van der Waals surface area contributed by atoms with Crippen LogP contribution >= 0.6 is 24.0 Å². The first-order chi connectivity index (χ1) is 12.0. The number of benzene rings is 2. The molecule has 0 bridgehead atoms. The van der Waals surface area contributed by atoms with Crippen LogP contribution in [0.25, 0.3) is 10.9 Å². The highest BCUT2D eigenvalue weighted by atomic mass is 32.2. The van der Waals surface area contributed by atoms with Crippen LogP contribution in [-0.4, -0.2) is 28.0 Å². The van der Waals surface area contributed by atoms with Crippen molar-refractivity contribution in [3.05, 3.63) is 64.4 Å². The van der Waals surface area contributed by atoms with Crippen molar-refractivity contribution in [3.8, 4) is 5.75 Å². The number of aromatic nitrogens is 1. The van der Waals surface area contributed by atoms with E-state index in [0.717, 1.165) is 10.6 Å². The second-order valence-corrected chi connectivity index (χ2v) is 6.94. The van der Waals surface area contributed by atoms with Gasteiger partial charge in [0.1, 0.15) is 16.3 Å². The van der Waals surface area contributed by atoms with Crippen molar-refractivity contribution in [2.24, 2.45) is 7.05 Å². The third kappa shape index (κ3) is 3.03. The summed E-state index contributed by atoms with van der Waals surface area (Å²) in [7, 11) is 3.48. The Bertz CT molecular complexity index is 1010. The fraction of sp³-hybridized carbons (Fsp3) is 0.158. The second kappa shape index (κ2) is 6.90. The predicted octanol–water partition coefficient (Wildman–Crippen LogP) is 3.78. The quantitative estimate of drug-likeness (QED) is 0.562. The van der Waals surface area contributed by atoms with Gasteiger partial charge in [0.2, 0.25) is 0 Å². The lowest BCUT2D eigenvalue weighted by Gasteiger charge is -2.21. The third-order valence-corrected chi connectivity index (χ3v) is 5.44. The molecule has 0 aliphatic heterocycles. The molecular formula is C19H18N2O2S2. The molecule has 0 amide bonds. The van der Waals surface area contributed by atoms with Crippen molar-refractivity contribution in [2.75, 3.05) is 18.2 Å². The first-order valence-corrected chi connectivity index (χ1v) is 9.31. The fourth-order valence-electron chi connectivity index (χ4n) is 2.77. The molecule has 0 unspecified atom stereocenters. The first kappa shape index (κ1) is 17.5. The van der Waals surface area contributed by atoms with Crippen molar-refractivity contribution in [1.82, 2.24) is 4.57 Å². The van der Waals surface area contributed by atoms with E-state index in [-0.39, 0.29) is 16.9 Å². The van der Waals surface area contributed by atoms with Crippen LogP contribution in [0, 0.1) is 0 Å². The summed E-state index contributed by atoms with van der Waals surface area (Å²) in [6.45, 7) is 0. The average Bonchev–Trinajstić information content (AvgIpc) is 2.65. The van der Waals surface area contributed by atoms with Crippen molar-refractivity contribution in [3.63, 3.8) is 0 Å². The fourth-order valence-corrected chi connectivity index (χ4v) is 3.50. The minimum absolute atomic E-state index is 0.0678. The maximum absolute atomic E-state index is 12.8. The minimum atomic E-state index is -0.310. The normalized spacial score (nSPS) is 10.8. The van der Waals surface area contributed by atoms with E-state index in [1.807, 2.05) is 54.8 Å². The molecule has 0 saturated carbocycles. The Hall–Kier alpha value is -2.31. The van der Waals surface area contributed by atoms with Gasteiger partial charge in [0.15, 0.2) is 0 Å². The number of hydrogen-bond donors (Lipinski definition) is 1. The minimum Gasteiger partial charge on any atom is -0.506 e. The Balaban J connectivity index is 2.22. The number of aromatic hydroxyl groups is 1. The van der Waals surface area contributed by atoms with E-state index in [4.69, 9.17) is 12.2 Å². The van der Waals surface area contributed by atoms with E-state index in [0.29, 0.717) is 15.9 Å². The van der Waals surface area contributed by atoms with Gasteiger partial charge in [-0.05, 0) is 36.6 Å². The van der Waals surface area contributed by atoms with E-state index in [1.54, 1.807) is 30.8 Å². The Morgan fingerprint density at radius 3 is 2.52 bits per heavy atom. The molecule has 6 heteroatoms. The second-order valence-electron chi connectivity index (χ2n) is 5.67. The maximum Gasteiger partial charge on any atom is 0.264 e. The lowest BCUT2D eigenvalue weighted by atomic mass is 10.1. The van der Waals surface area contributed by atoms with Gasteiger partial charge in [-0.2, -0.15) is 0 Å². The molecule has 3 aromatic rings. The van der Waals surface area contributed by atoms with Crippen molar-refractivity contribution in [2.45, 2.75) is 4.90 Å². The van der Waals surface area contributed by atoms with Crippen LogP contribution in [0.15, 0.2) is 58.2 Å². The van der Waals surface area contributed by atoms with Gasteiger partial charge in [-0.1, -0.05) is 30.4 Å². The van der Waals surface area contributed by atoms with E-state index in [1.165, 1.54) is 4.57 Å². The zero-order valence-corrected chi connectivity index (χ0v) is 15.8. The number of nitrogens with zero attached hydrogens (tertiary/aromatic N) is 2. The summed E-state index contributed by atoms with van der Waals surface area (Å²) in [5.41, 5.74) is 1.37. The largest absolute Gasteiger partial charge is 0.506 e. The molecule has 0 fully saturated rings. The summed E-state index contributed by atoms with van der Waals surface area (Å²) in [6, 6.07) is 15.2. The summed E-state index contributed by atoms with van der Waals surface area (Å²) in [6.07, 6.45) is 1.97. The zero-order chi connectivity index (χ0) is 18.1. The van der Waals surface area contributed by atoms with Crippen molar-refractivity contribution >= 4 is 45.6 Å². The molecule has 3 rings (SSSR count). The maximum atomic E-state index is 12.8. The highest BCUT2D eigenvalue weighted by Crippen LogP contribution is 2.31. The number of hydrogen-bond acceptors (Lipinski definition) is 4. The molecule has 25 heavy (non-hydrogen) atoms. The topological polar surface area (TPSA) is 45.5 Å². The van der Waals surface area contributed by atoms with Gasteiger partial charge < -0.3 is 14.6 Å². The average molecular weight is 370 g/mol. The Morgan fingerprint density at radius 1 is 1.20 bits per heavy atom. The molecule has 0 atom stereocenters. The van der Waals surface area contributed by atoms with E-state index >= 15 is 0 Å². The van der Waals surface area contributed by atoms with Gasteiger partial charge in [-0.25, -0.2) is 0 Å². The number of fused-ring (bicyclic) bond motifs is 1. The van der Waals surface area contributed by atoms with E-state index < -0.39 is 0 Å². The number of rotatable bonds is 3. The molecular weight excluding hydrogens is 352 g/mol. The summed E-state index contributed by atoms with van der Waals surface area (Å²) in [4.78, 5) is 15.9. The van der Waals surface area contributed by atoms with Gasteiger partial charge in [0.25, 0.3) is 5.56 Å². The predicted molar refractivity (Wildman–Crippen MR) is 109 cm³/mol. The molecule has 1 aromatic heterocycles. The summed E-state index contributed by atoms with van der Waals surface area (Å²) >= 11 is 7.11. The van der Waals surface area contributed by atoms with E-state index in [2.05, 4.69) is 0 Å². The number of anilines is 1. The van der Waals surface area contributed by atoms with Gasteiger partial charge in [0.05, 0.1) is 5.52 Å². The molecule has 0 radical (unpaired) electrons. The molecule has 1 heterocycles. The Labute approximate surface area is 155 Å². The monoisotopic (exact) mass is 370 g/mol. The van der Waals surface area contributed by atoms with Crippen LogP contribution in [0.4, 0.5) is 5.69 Å².